The minimum Gasteiger partial charge on any atom is -0.494 e. The van der Waals surface area contributed by atoms with Crippen molar-refractivity contribution in [3.05, 3.63) is 89.3 Å². The van der Waals surface area contributed by atoms with E-state index in [0.29, 0.717) is 29.2 Å². The van der Waals surface area contributed by atoms with E-state index < -0.39 is 5.97 Å². The first-order chi connectivity index (χ1) is 15.1. The number of methoxy groups -OCH3 is 1. The van der Waals surface area contributed by atoms with Gasteiger partial charge in [0, 0.05) is 17.0 Å². The van der Waals surface area contributed by atoms with Crippen molar-refractivity contribution in [1.82, 2.24) is 0 Å². The Hall–Kier alpha value is -3.86. The van der Waals surface area contributed by atoms with E-state index in [4.69, 9.17) is 18.9 Å². The summed E-state index contributed by atoms with van der Waals surface area (Å²) < 4.78 is 16.7. The summed E-state index contributed by atoms with van der Waals surface area (Å²) in [6, 6.07) is 22.8. The number of fused-ring (bicyclic) bond motifs is 1. The number of hydrogen-bond acceptors (Lipinski definition) is 5. The van der Waals surface area contributed by atoms with E-state index in [2.05, 4.69) is 0 Å². The molecule has 0 spiro atoms. The van der Waals surface area contributed by atoms with Crippen LogP contribution < -0.4 is 10.1 Å². The summed E-state index contributed by atoms with van der Waals surface area (Å²) >= 11 is 0. The molecule has 0 aliphatic rings. The molecule has 3 aromatic carbocycles. The minimum absolute atomic E-state index is 0.399. The van der Waals surface area contributed by atoms with Crippen LogP contribution in [-0.4, -0.2) is 19.7 Å². The number of rotatable bonds is 5. The van der Waals surface area contributed by atoms with Crippen LogP contribution >= 0.6 is 0 Å². The van der Waals surface area contributed by atoms with Gasteiger partial charge in [-0.2, -0.15) is 0 Å². The van der Waals surface area contributed by atoms with Crippen LogP contribution in [0.5, 0.6) is 5.75 Å². The number of carbonyl (C=O) groups excluding carboxylic acids is 1. The second-order valence-corrected chi connectivity index (χ2v) is 7.11. The van der Waals surface area contributed by atoms with Crippen molar-refractivity contribution in [2.45, 2.75) is 13.8 Å². The summed E-state index contributed by atoms with van der Waals surface area (Å²) in [6.07, 6.45) is 0. The highest BCUT2D eigenvalue weighted by molar-refractivity contribution is 5.90. The number of aryl methyl sites for hydroxylation is 1. The Morgan fingerprint density at radius 3 is 2.55 bits per heavy atom. The Morgan fingerprint density at radius 1 is 1.00 bits per heavy atom. The number of nitrogens with zero attached hydrogens (tertiary/aromatic N) is 1. The second-order valence-electron chi connectivity index (χ2n) is 7.11. The minimum atomic E-state index is -0.399. The van der Waals surface area contributed by atoms with Crippen molar-refractivity contribution in [3.8, 4) is 17.1 Å². The first-order valence-corrected chi connectivity index (χ1v) is 10.1. The molecule has 4 rings (SSSR count). The SMILES string of the molecule is CCOc1ccc2oc(-c3ccc(C)cc3)cc(=Nc3cccc(C(=O)OC)c3)c2c1. The van der Waals surface area contributed by atoms with Gasteiger partial charge in [0.2, 0.25) is 0 Å². The number of hydrogen-bond donors (Lipinski definition) is 0. The molecule has 0 amide bonds. The Kier molecular flexibility index (Phi) is 5.85. The number of benzene rings is 3. The zero-order valence-electron chi connectivity index (χ0n) is 17.7. The van der Waals surface area contributed by atoms with Crippen LogP contribution in [0.2, 0.25) is 0 Å². The van der Waals surface area contributed by atoms with Crippen LogP contribution in [-0.2, 0) is 4.74 Å². The monoisotopic (exact) mass is 413 g/mol. The maximum absolute atomic E-state index is 11.9. The summed E-state index contributed by atoms with van der Waals surface area (Å²) in [4.78, 5) is 16.7. The standard InChI is InChI=1S/C26H23NO4/c1-4-30-21-12-13-24-22(15-21)23(16-25(31-24)18-10-8-17(2)9-11-18)27-20-7-5-6-19(14-20)26(28)29-3/h5-16H,4H2,1-3H3. The fraction of sp³-hybridized carbons (Fsp3) is 0.154. The van der Waals surface area contributed by atoms with Crippen LogP contribution in [0.1, 0.15) is 22.8 Å². The van der Waals surface area contributed by atoms with Crippen LogP contribution in [0.3, 0.4) is 0 Å². The quantitative estimate of drug-likeness (QED) is 0.387. The molecule has 0 radical (unpaired) electrons. The molecular weight excluding hydrogens is 390 g/mol. The number of carbonyl (C=O) groups is 1. The van der Waals surface area contributed by atoms with Crippen LogP contribution in [0.25, 0.3) is 22.3 Å². The third-order valence-corrected chi connectivity index (χ3v) is 4.88. The molecule has 0 atom stereocenters. The van der Waals surface area contributed by atoms with Gasteiger partial charge in [-0.1, -0.05) is 35.9 Å². The predicted octanol–water partition coefficient (Wildman–Crippen LogP) is 5.83. The van der Waals surface area contributed by atoms with Crippen molar-refractivity contribution >= 4 is 22.6 Å². The molecule has 0 unspecified atom stereocenters. The average molecular weight is 413 g/mol. The summed E-state index contributed by atoms with van der Waals surface area (Å²) in [7, 11) is 1.36. The van der Waals surface area contributed by atoms with Gasteiger partial charge in [0.25, 0.3) is 0 Å². The fourth-order valence-electron chi connectivity index (χ4n) is 3.32. The maximum atomic E-state index is 11.9. The molecule has 0 saturated carbocycles. The third-order valence-electron chi connectivity index (χ3n) is 4.88. The van der Waals surface area contributed by atoms with Crippen molar-refractivity contribution in [2.75, 3.05) is 13.7 Å². The van der Waals surface area contributed by atoms with E-state index in [0.717, 1.165) is 22.1 Å². The van der Waals surface area contributed by atoms with Gasteiger partial charge in [0.1, 0.15) is 17.1 Å². The van der Waals surface area contributed by atoms with Crippen molar-refractivity contribution < 1.29 is 18.7 Å². The van der Waals surface area contributed by atoms with E-state index in [1.165, 1.54) is 12.7 Å². The number of ether oxygens (including phenoxy) is 2. The van der Waals surface area contributed by atoms with Gasteiger partial charge in [0.05, 0.1) is 30.3 Å². The first-order valence-electron chi connectivity index (χ1n) is 10.1. The lowest BCUT2D eigenvalue weighted by molar-refractivity contribution is 0.0600. The van der Waals surface area contributed by atoms with E-state index in [1.807, 2.05) is 68.4 Å². The summed E-state index contributed by atoms with van der Waals surface area (Å²) in [5.41, 5.74) is 3.93. The van der Waals surface area contributed by atoms with Crippen molar-refractivity contribution in [2.24, 2.45) is 4.99 Å². The van der Waals surface area contributed by atoms with Gasteiger partial charge in [-0.15, -0.1) is 0 Å². The zero-order valence-corrected chi connectivity index (χ0v) is 17.7. The second kappa shape index (κ2) is 8.88. The molecule has 4 aromatic rings. The van der Waals surface area contributed by atoms with E-state index in [-0.39, 0.29) is 0 Å². The molecule has 31 heavy (non-hydrogen) atoms. The lowest BCUT2D eigenvalue weighted by Gasteiger charge is -2.08. The number of esters is 1. The van der Waals surface area contributed by atoms with Crippen LogP contribution in [0, 0.1) is 6.92 Å². The molecule has 0 fully saturated rings. The van der Waals surface area contributed by atoms with Gasteiger partial charge in [-0.05, 0) is 50.2 Å². The van der Waals surface area contributed by atoms with Gasteiger partial charge in [-0.3, -0.25) is 0 Å². The molecule has 0 bridgehead atoms. The van der Waals surface area contributed by atoms with E-state index in [1.54, 1.807) is 18.2 Å². The predicted molar refractivity (Wildman–Crippen MR) is 121 cm³/mol. The average Bonchev–Trinajstić information content (AvgIpc) is 2.79. The highest BCUT2D eigenvalue weighted by Crippen LogP contribution is 2.26. The Morgan fingerprint density at radius 2 is 1.81 bits per heavy atom. The zero-order chi connectivity index (χ0) is 21.8. The van der Waals surface area contributed by atoms with Gasteiger partial charge >= 0.3 is 5.97 Å². The van der Waals surface area contributed by atoms with Crippen LogP contribution in [0.15, 0.2) is 82.2 Å². The first kappa shape index (κ1) is 20.4. The topological polar surface area (TPSA) is 61.0 Å². The molecule has 5 heteroatoms. The maximum Gasteiger partial charge on any atom is 0.337 e. The fourth-order valence-corrected chi connectivity index (χ4v) is 3.32. The molecule has 0 aliphatic carbocycles. The van der Waals surface area contributed by atoms with Crippen LogP contribution in [0.4, 0.5) is 5.69 Å². The van der Waals surface area contributed by atoms with E-state index in [9.17, 15) is 4.79 Å². The highest BCUT2D eigenvalue weighted by atomic mass is 16.5. The summed E-state index contributed by atoms with van der Waals surface area (Å²) in [6.45, 7) is 4.56. The summed E-state index contributed by atoms with van der Waals surface area (Å²) in [5.74, 6) is 1.05. The van der Waals surface area contributed by atoms with Crippen molar-refractivity contribution in [1.29, 1.82) is 0 Å². The van der Waals surface area contributed by atoms with Gasteiger partial charge in [-0.25, -0.2) is 9.79 Å². The Balaban J connectivity index is 1.94. The molecule has 0 saturated heterocycles. The van der Waals surface area contributed by atoms with Gasteiger partial charge in [0.15, 0.2) is 0 Å². The Bertz CT molecular complexity index is 1300. The smallest absolute Gasteiger partial charge is 0.337 e. The molecule has 156 valence electrons. The Labute approximate surface area is 180 Å². The van der Waals surface area contributed by atoms with E-state index >= 15 is 0 Å². The molecule has 1 aromatic heterocycles. The van der Waals surface area contributed by atoms with Crippen molar-refractivity contribution in [3.63, 3.8) is 0 Å². The highest BCUT2D eigenvalue weighted by Gasteiger charge is 2.09. The van der Waals surface area contributed by atoms with Gasteiger partial charge < -0.3 is 13.9 Å². The molecular formula is C26H23NO4. The molecule has 1 heterocycles. The lowest BCUT2D eigenvalue weighted by atomic mass is 10.1. The molecule has 0 aliphatic heterocycles. The molecule has 0 N–H and O–H groups in total. The summed E-state index contributed by atoms with van der Waals surface area (Å²) in [5, 5.41) is 1.55. The normalized spacial score (nSPS) is 11.5. The lowest BCUT2D eigenvalue weighted by Crippen LogP contribution is -2.05. The largest absolute Gasteiger partial charge is 0.494 e. The third kappa shape index (κ3) is 4.51. The molecule has 5 nitrogen and oxygen atoms in total.